The van der Waals surface area contributed by atoms with Gasteiger partial charge in [-0.3, -0.25) is 4.79 Å². The second kappa shape index (κ2) is 3.77. The largest absolute Gasteiger partial charge is 0.369 e. The summed E-state index contributed by atoms with van der Waals surface area (Å²) in [4.78, 5) is 23.6. The van der Waals surface area contributed by atoms with Crippen LogP contribution < -0.4 is 16.0 Å². The summed E-state index contributed by atoms with van der Waals surface area (Å²) in [6, 6.07) is 0.301. The Labute approximate surface area is 130 Å². The molecule has 3 aliphatic rings. The zero-order valence-corrected chi connectivity index (χ0v) is 13.2. The maximum atomic E-state index is 12.2. The molecule has 0 radical (unpaired) electrons. The van der Waals surface area contributed by atoms with E-state index in [-0.39, 0.29) is 18.0 Å². The number of hydrogen-bond donors (Lipinski definition) is 4. The van der Waals surface area contributed by atoms with Gasteiger partial charge >= 0.3 is 6.03 Å². The first-order chi connectivity index (χ1) is 9.40. The Morgan fingerprint density at radius 3 is 2.85 bits per heavy atom. The Morgan fingerprint density at radius 2 is 2.10 bits per heavy atom. The molecule has 0 bridgehead atoms. The van der Waals surface area contributed by atoms with E-state index in [1.165, 1.54) is 0 Å². The van der Waals surface area contributed by atoms with Crippen LogP contribution in [0.25, 0.3) is 0 Å². The van der Waals surface area contributed by atoms with Crippen molar-refractivity contribution in [2.24, 2.45) is 0 Å². The van der Waals surface area contributed by atoms with Crippen molar-refractivity contribution in [1.82, 2.24) is 20.5 Å². The number of halogens is 2. The smallest absolute Gasteiger partial charge is 0.317 e. The lowest BCUT2D eigenvalue weighted by Crippen LogP contribution is -2.56. The zero-order chi connectivity index (χ0) is 14.2. The van der Waals surface area contributed by atoms with E-state index in [9.17, 15) is 14.7 Å². The molecule has 0 unspecified atom stereocenters. The third-order valence-electron chi connectivity index (χ3n) is 4.22. The number of carbonyl (C=O) groups excluding carboxylic acids is 2. The van der Waals surface area contributed by atoms with Crippen molar-refractivity contribution < 1.29 is 14.7 Å². The molecule has 3 amide bonds. The first-order valence-corrected chi connectivity index (χ1v) is 7.67. The summed E-state index contributed by atoms with van der Waals surface area (Å²) in [5.41, 5.74) is -0.808. The van der Waals surface area contributed by atoms with Crippen molar-refractivity contribution in [2.75, 3.05) is 0 Å². The number of urea groups is 1. The highest BCUT2D eigenvalue weighted by Crippen LogP contribution is 2.45. The molecule has 2 fully saturated rings. The summed E-state index contributed by atoms with van der Waals surface area (Å²) >= 11 is 6.85. The molecule has 2 aliphatic heterocycles. The summed E-state index contributed by atoms with van der Waals surface area (Å²) in [6.45, 7) is 0. The van der Waals surface area contributed by atoms with Crippen LogP contribution in [-0.4, -0.2) is 39.4 Å². The number of fused-ring (bicyclic) bond motifs is 5. The molecule has 1 saturated heterocycles. The van der Waals surface area contributed by atoms with E-state index < -0.39 is 17.8 Å². The van der Waals surface area contributed by atoms with Gasteiger partial charge in [-0.2, -0.15) is 0 Å². The number of rotatable bonds is 0. The number of nitrogens with zero attached hydrogens (tertiary/aromatic N) is 1. The molecule has 4 rings (SSSR count). The average molecular weight is 406 g/mol. The molecule has 0 spiro atoms. The van der Waals surface area contributed by atoms with Gasteiger partial charge in [0.25, 0.3) is 5.91 Å². The molecule has 1 saturated carbocycles. The molecule has 0 aromatic carbocycles. The van der Waals surface area contributed by atoms with E-state index >= 15 is 0 Å². The highest BCUT2D eigenvalue weighted by Gasteiger charge is 2.61. The highest BCUT2D eigenvalue weighted by molar-refractivity contribution is 9.13. The van der Waals surface area contributed by atoms with Crippen LogP contribution in [0.4, 0.5) is 4.79 Å². The van der Waals surface area contributed by atoms with Crippen molar-refractivity contribution >= 4 is 43.8 Å². The van der Waals surface area contributed by atoms with Gasteiger partial charge in [0.05, 0.1) is 21.2 Å². The number of hydrogen-bond acceptors (Lipinski definition) is 3. The van der Waals surface area contributed by atoms with Crippen molar-refractivity contribution in [3.8, 4) is 0 Å². The molecule has 1 aromatic rings. The van der Waals surface area contributed by atoms with E-state index in [4.69, 9.17) is 0 Å². The molecular weight excluding hydrogens is 396 g/mol. The minimum atomic E-state index is -1.34. The summed E-state index contributed by atoms with van der Waals surface area (Å²) in [7, 11) is 0. The van der Waals surface area contributed by atoms with Crippen LogP contribution >= 0.6 is 31.9 Å². The lowest BCUT2D eigenvalue weighted by atomic mass is 10.1. The van der Waals surface area contributed by atoms with E-state index in [2.05, 4.69) is 47.8 Å². The quantitative estimate of drug-likeness (QED) is 0.504. The molecule has 4 N–H and O–H groups in total. The van der Waals surface area contributed by atoms with Crippen molar-refractivity contribution in [3.05, 3.63) is 20.8 Å². The van der Waals surface area contributed by atoms with Gasteiger partial charge < -0.3 is 25.6 Å². The predicted molar refractivity (Wildman–Crippen MR) is 75.1 cm³/mol. The van der Waals surface area contributed by atoms with Gasteiger partial charge in [-0.15, -0.1) is 0 Å². The molecule has 7 nitrogen and oxygen atoms in total. The summed E-state index contributed by atoms with van der Waals surface area (Å²) in [5, 5.41) is 18.6. The average Bonchev–Trinajstić information content (AvgIpc) is 2.90. The monoisotopic (exact) mass is 404 g/mol. The van der Waals surface area contributed by atoms with Crippen molar-refractivity contribution in [2.45, 2.75) is 30.3 Å². The summed E-state index contributed by atoms with van der Waals surface area (Å²) in [5.74, 6) is -0.219. The van der Waals surface area contributed by atoms with Crippen LogP contribution in [0, 0.1) is 0 Å². The molecule has 9 heteroatoms. The SMILES string of the molecule is O=C1N[C@H]2[C@@H]3NC(=O)c4cc(Br)c(Br)n4[C@@H]3C[C@@]2(O)N1. The third kappa shape index (κ3) is 1.43. The molecule has 1 aromatic heterocycles. The predicted octanol–water partition coefficient (Wildman–Crippen LogP) is 0.440. The van der Waals surface area contributed by atoms with Crippen LogP contribution in [0.2, 0.25) is 0 Å². The van der Waals surface area contributed by atoms with E-state index in [1.807, 2.05) is 4.57 Å². The zero-order valence-electron chi connectivity index (χ0n) is 9.98. The second-order valence-corrected chi connectivity index (χ2v) is 6.91. The topological polar surface area (TPSA) is 95.4 Å². The standard InChI is InChI=1S/C11H10Br2N4O3/c12-3-1-4-9(18)14-6-5(17(4)8(3)13)2-11(20)7(6)15-10(19)16-11/h1,5-7,20H,2H2,(H,14,18)(H2,15,16,19)/t5-,6-,7+,11+/m1/s1. The van der Waals surface area contributed by atoms with Gasteiger partial charge in [0.1, 0.15) is 11.7 Å². The molecule has 1 aliphatic carbocycles. The van der Waals surface area contributed by atoms with E-state index in [0.29, 0.717) is 12.1 Å². The van der Waals surface area contributed by atoms with E-state index in [1.54, 1.807) is 6.07 Å². The van der Waals surface area contributed by atoms with Crippen LogP contribution in [0.15, 0.2) is 15.1 Å². The number of aromatic nitrogens is 1. The first kappa shape index (κ1) is 12.7. The molecular formula is C11H10Br2N4O3. The molecule has 20 heavy (non-hydrogen) atoms. The number of nitrogens with one attached hydrogen (secondary N) is 3. The number of carbonyl (C=O) groups is 2. The Bertz CT molecular complexity index is 660. The normalized spacial score (nSPS) is 37.6. The summed E-state index contributed by atoms with van der Waals surface area (Å²) < 4.78 is 3.40. The van der Waals surface area contributed by atoms with Gasteiger partial charge in [0.15, 0.2) is 5.72 Å². The second-order valence-electron chi connectivity index (χ2n) is 5.31. The van der Waals surface area contributed by atoms with Gasteiger partial charge in [-0.25, -0.2) is 4.79 Å². The lowest BCUT2D eigenvalue weighted by Gasteiger charge is -2.32. The number of aliphatic hydroxyl groups is 1. The van der Waals surface area contributed by atoms with Gasteiger partial charge in [-0.05, 0) is 37.9 Å². The maximum Gasteiger partial charge on any atom is 0.317 e. The van der Waals surface area contributed by atoms with E-state index in [0.717, 1.165) is 9.08 Å². The fourth-order valence-electron chi connectivity index (χ4n) is 3.43. The minimum Gasteiger partial charge on any atom is -0.369 e. The van der Waals surface area contributed by atoms with Crippen LogP contribution in [0.5, 0.6) is 0 Å². The fraction of sp³-hybridized carbons (Fsp3) is 0.455. The minimum absolute atomic E-state index is 0.133. The fourth-order valence-corrected chi connectivity index (χ4v) is 4.41. The Balaban J connectivity index is 1.84. The molecule has 3 heterocycles. The Kier molecular flexibility index (Phi) is 2.39. The van der Waals surface area contributed by atoms with Crippen molar-refractivity contribution in [1.29, 1.82) is 0 Å². The third-order valence-corrected chi connectivity index (χ3v) is 6.16. The Hall–Kier alpha value is -1.06. The Morgan fingerprint density at radius 1 is 1.35 bits per heavy atom. The van der Waals surface area contributed by atoms with Crippen LogP contribution in [-0.2, 0) is 0 Å². The first-order valence-electron chi connectivity index (χ1n) is 6.09. The summed E-state index contributed by atoms with van der Waals surface area (Å²) in [6.07, 6.45) is 0.327. The van der Waals surface area contributed by atoms with Gasteiger partial charge in [-0.1, -0.05) is 0 Å². The van der Waals surface area contributed by atoms with Crippen molar-refractivity contribution in [3.63, 3.8) is 0 Å². The molecule has 4 atom stereocenters. The molecule has 106 valence electrons. The maximum absolute atomic E-state index is 12.2. The highest BCUT2D eigenvalue weighted by atomic mass is 79.9. The lowest BCUT2D eigenvalue weighted by molar-refractivity contribution is 0.0215. The van der Waals surface area contributed by atoms with Crippen LogP contribution in [0.1, 0.15) is 23.0 Å². The van der Waals surface area contributed by atoms with Crippen LogP contribution in [0.3, 0.4) is 0 Å². The number of amides is 3. The van der Waals surface area contributed by atoms with Gasteiger partial charge in [0, 0.05) is 6.42 Å². The van der Waals surface area contributed by atoms with Gasteiger partial charge in [0.2, 0.25) is 0 Å².